The summed E-state index contributed by atoms with van der Waals surface area (Å²) in [7, 11) is 0. The molecule has 1 aromatic carbocycles. The highest BCUT2D eigenvalue weighted by atomic mass is 19.1. The van der Waals surface area contributed by atoms with Crippen LogP contribution in [-0.4, -0.2) is 12.6 Å². The molecule has 0 radical (unpaired) electrons. The second-order valence-electron chi connectivity index (χ2n) is 2.45. The van der Waals surface area contributed by atoms with Crippen LogP contribution in [-0.2, 0) is 4.79 Å². The molecule has 1 rings (SSSR count). The molecule has 0 spiro atoms. The van der Waals surface area contributed by atoms with Crippen LogP contribution in [0.3, 0.4) is 0 Å². The average molecular weight is 179 g/mol. The third-order valence-electron chi connectivity index (χ3n) is 1.44. The number of carbonyl (C=O) groups is 1. The van der Waals surface area contributed by atoms with E-state index in [1.165, 1.54) is 6.20 Å². The van der Waals surface area contributed by atoms with Gasteiger partial charge in [-0.25, -0.2) is 4.39 Å². The van der Waals surface area contributed by atoms with Gasteiger partial charge in [0, 0.05) is 6.20 Å². The molecular formula is C10H10FNO. The van der Waals surface area contributed by atoms with E-state index >= 15 is 0 Å². The monoisotopic (exact) mass is 179 g/mol. The summed E-state index contributed by atoms with van der Waals surface area (Å²) in [6.07, 6.45) is 3.13. The van der Waals surface area contributed by atoms with E-state index in [4.69, 9.17) is 0 Å². The van der Waals surface area contributed by atoms with Gasteiger partial charge in [0.15, 0.2) is 6.67 Å². The molecule has 3 heteroatoms. The van der Waals surface area contributed by atoms with Crippen molar-refractivity contribution in [1.29, 1.82) is 0 Å². The first-order valence-corrected chi connectivity index (χ1v) is 3.90. The molecule has 0 unspecified atom stereocenters. The Morgan fingerprint density at radius 1 is 1.38 bits per heavy atom. The molecule has 0 aromatic heterocycles. The molecule has 0 aliphatic rings. The van der Waals surface area contributed by atoms with Crippen LogP contribution in [0.5, 0.6) is 0 Å². The molecule has 1 amide bonds. The summed E-state index contributed by atoms with van der Waals surface area (Å²) in [4.78, 5) is 10.5. The third kappa shape index (κ3) is 3.51. The Morgan fingerprint density at radius 3 is 2.69 bits per heavy atom. The summed E-state index contributed by atoms with van der Waals surface area (Å²) in [6.45, 7) is -0.987. The lowest BCUT2D eigenvalue weighted by atomic mass is 10.2. The fourth-order valence-electron chi connectivity index (χ4n) is 0.834. The predicted molar refractivity (Wildman–Crippen MR) is 49.6 cm³/mol. The molecule has 13 heavy (non-hydrogen) atoms. The van der Waals surface area contributed by atoms with E-state index in [1.807, 2.05) is 30.3 Å². The van der Waals surface area contributed by atoms with E-state index in [2.05, 4.69) is 5.32 Å². The maximum atomic E-state index is 11.7. The standard InChI is InChI=1S/C10H10FNO/c11-8-10(13)12-7-6-9-4-2-1-3-5-9/h1-7H,8H2,(H,12,13). The first-order chi connectivity index (χ1) is 6.33. The van der Waals surface area contributed by atoms with Gasteiger partial charge in [0.1, 0.15) is 0 Å². The number of rotatable bonds is 3. The van der Waals surface area contributed by atoms with Gasteiger partial charge in [0.05, 0.1) is 0 Å². The van der Waals surface area contributed by atoms with Gasteiger partial charge in [-0.1, -0.05) is 30.3 Å². The number of alkyl halides is 1. The van der Waals surface area contributed by atoms with Crippen LogP contribution >= 0.6 is 0 Å². The number of hydrogen-bond acceptors (Lipinski definition) is 1. The number of amides is 1. The van der Waals surface area contributed by atoms with Crippen molar-refractivity contribution in [3.8, 4) is 0 Å². The van der Waals surface area contributed by atoms with Gasteiger partial charge in [-0.15, -0.1) is 0 Å². The van der Waals surface area contributed by atoms with Crippen LogP contribution in [0.1, 0.15) is 5.56 Å². The lowest BCUT2D eigenvalue weighted by molar-refractivity contribution is -0.120. The lowest BCUT2D eigenvalue weighted by Gasteiger charge is -1.93. The normalized spacial score (nSPS) is 10.2. The van der Waals surface area contributed by atoms with Gasteiger partial charge in [0.2, 0.25) is 0 Å². The van der Waals surface area contributed by atoms with Crippen LogP contribution in [0.4, 0.5) is 4.39 Å². The Bertz CT molecular complexity index is 295. The first-order valence-electron chi connectivity index (χ1n) is 3.90. The van der Waals surface area contributed by atoms with Crippen molar-refractivity contribution in [2.75, 3.05) is 6.67 Å². The minimum Gasteiger partial charge on any atom is -0.330 e. The van der Waals surface area contributed by atoms with Gasteiger partial charge in [-0.3, -0.25) is 4.79 Å². The Morgan fingerprint density at radius 2 is 2.08 bits per heavy atom. The summed E-state index contributed by atoms with van der Waals surface area (Å²) in [5.41, 5.74) is 0.960. The highest BCUT2D eigenvalue weighted by molar-refractivity contribution is 5.78. The van der Waals surface area contributed by atoms with Gasteiger partial charge < -0.3 is 5.32 Å². The highest BCUT2D eigenvalue weighted by Crippen LogP contribution is 1.99. The minimum absolute atomic E-state index is 0.632. The maximum Gasteiger partial charge on any atom is 0.255 e. The molecule has 0 bridgehead atoms. The zero-order valence-electron chi connectivity index (χ0n) is 7.03. The predicted octanol–water partition coefficient (Wildman–Crippen LogP) is 1.74. The van der Waals surface area contributed by atoms with Gasteiger partial charge in [0.25, 0.3) is 5.91 Å². The topological polar surface area (TPSA) is 29.1 Å². The summed E-state index contributed by atoms with van der Waals surface area (Å²) in [5.74, 6) is -0.632. The van der Waals surface area contributed by atoms with Crippen molar-refractivity contribution >= 4 is 12.0 Å². The Balaban J connectivity index is 2.45. The molecular weight excluding hydrogens is 169 g/mol. The summed E-state index contributed by atoms with van der Waals surface area (Å²) < 4.78 is 11.7. The molecule has 1 N–H and O–H groups in total. The minimum atomic E-state index is -0.987. The fourth-order valence-corrected chi connectivity index (χ4v) is 0.834. The van der Waals surface area contributed by atoms with Gasteiger partial charge >= 0.3 is 0 Å². The lowest BCUT2D eigenvalue weighted by Crippen LogP contribution is -2.17. The van der Waals surface area contributed by atoms with Crippen LogP contribution < -0.4 is 5.32 Å². The second-order valence-corrected chi connectivity index (χ2v) is 2.45. The zero-order chi connectivity index (χ0) is 9.52. The van der Waals surface area contributed by atoms with Crippen molar-refractivity contribution < 1.29 is 9.18 Å². The summed E-state index contributed by atoms with van der Waals surface area (Å²) in [6, 6.07) is 9.45. The fraction of sp³-hybridized carbons (Fsp3) is 0.100. The molecule has 0 aliphatic heterocycles. The number of benzene rings is 1. The van der Waals surface area contributed by atoms with Crippen LogP contribution in [0.25, 0.3) is 6.08 Å². The molecule has 0 saturated carbocycles. The van der Waals surface area contributed by atoms with Crippen LogP contribution in [0.2, 0.25) is 0 Å². The summed E-state index contributed by atoms with van der Waals surface area (Å²) >= 11 is 0. The SMILES string of the molecule is O=C(CF)NC=Cc1ccccc1. The van der Waals surface area contributed by atoms with E-state index in [-0.39, 0.29) is 0 Å². The molecule has 0 fully saturated rings. The van der Waals surface area contributed by atoms with E-state index < -0.39 is 12.6 Å². The maximum absolute atomic E-state index is 11.7. The number of halogens is 1. The average Bonchev–Trinajstić information content (AvgIpc) is 2.19. The van der Waals surface area contributed by atoms with Gasteiger partial charge in [-0.05, 0) is 11.6 Å². The Kier molecular flexibility index (Phi) is 3.70. The molecule has 68 valence electrons. The summed E-state index contributed by atoms with van der Waals surface area (Å²) in [5, 5.41) is 2.29. The quantitative estimate of drug-likeness (QED) is 0.752. The number of hydrogen-bond donors (Lipinski definition) is 1. The molecule has 0 aliphatic carbocycles. The van der Waals surface area contributed by atoms with Crippen molar-refractivity contribution in [3.63, 3.8) is 0 Å². The number of carbonyl (C=O) groups excluding carboxylic acids is 1. The third-order valence-corrected chi connectivity index (χ3v) is 1.44. The van der Waals surface area contributed by atoms with Crippen LogP contribution in [0, 0.1) is 0 Å². The molecule has 0 heterocycles. The molecule has 1 aromatic rings. The van der Waals surface area contributed by atoms with E-state index in [0.717, 1.165) is 5.56 Å². The Hall–Kier alpha value is -1.64. The smallest absolute Gasteiger partial charge is 0.255 e. The van der Waals surface area contributed by atoms with Crippen LogP contribution in [0.15, 0.2) is 36.5 Å². The first kappa shape index (κ1) is 9.45. The van der Waals surface area contributed by atoms with E-state index in [9.17, 15) is 9.18 Å². The zero-order valence-corrected chi connectivity index (χ0v) is 7.03. The van der Waals surface area contributed by atoms with Gasteiger partial charge in [-0.2, -0.15) is 0 Å². The van der Waals surface area contributed by atoms with E-state index in [1.54, 1.807) is 6.08 Å². The van der Waals surface area contributed by atoms with Crippen molar-refractivity contribution in [1.82, 2.24) is 5.32 Å². The van der Waals surface area contributed by atoms with Crippen molar-refractivity contribution in [3.05, 3.63) is 42.1 Å². The highest BCUT2D eigenvalue weighted by Gasteiger charge is 1.92. The largest absolute Gasteiger partial charge is 0.330 e. The molecule has 2 nitrogen and oxygen atoms in total. The van der Waals surface area contributed by atoms with Crippen molar-refractivity contribution in [2.45, 2.75) is 0 Å². The van der Waals surface area contributed by atoms with Crippen molar-refractivity contribution in [2.24, 2.45) is 0 Å². The number of nitrogens with one attached hydrogen (secondary N) is 1. The molecule has 0 atom stereocenters. The molecule has 0 saturated heterocycles. The van der Waals surface area contributed by atoms with E-state index in [0.29, 0.717) is 0 Å². The second kappa shape index (κ2) is 5.09. The Labute approximate surface area is 76.1 Å².